The van der Waals surface area contributed by atoms with E-state index in [0.717, 1.165) is 6.54 Å². The first kappa shape index (κ1) is 16.5. The molecule has 0 aliphatic heterocycles. The van der Waals surface area contributed by atoms with E-state index in [1.807, 2.05) is 6.07 Å². The van der Waals surface area contributed by atoms with Gasteiger partial charge in [-0.3, -0.25) is 0 Å². The number of nitrogens with one attached hydrogen (secondary N) is 1. The van der Waals surface area contributed by atoms with Crippen LogP contribution in [0.2, 0.25) is 0 Å². The molecule has 0 amide bonds. The molecule has 0 spiro atoms. The lowest BCUT2D eigenvalue weighted by atomic mass is 9.89. The first-order valence-electron chi connectivity index (χ1n) is 8.25. The number of likely N-dealkylation sites (N-methyl/N-ethyl adjacent to an activating group) is 1. The molecule has 0 radical (unpaired) electrons. The maximum Gasteiger partial charge on any atom is 0.0799 e. The molecule has 1 aromatic carbocycles. The third-order valence-corrected chi connectivity index (χ3v) is 4.63. The Morgan fingerprint density at radius 3 is 2.52 bits per heavy atom. The van der Waals surface area contributed by atoms with Crippen molar-refractivity contribution in [2.24, 2.45) is 0 Å². The molecule has 2 rings (SSSR count). The van der Waals surface area contributed by atoms with E-state index in [-0.39, 0.29) is 12.1 Å². The van der Waals surface area contributed by atoms with Crippen molar-refractivity contribution in [3.8, 4) is 0 Å². The van der Waals surface area contributed by atoms with Gasteiger partial charge in [0, 0.05) is 18.6 Å². The van der Waals surface area contributed by atoms with Gasteiger partial charge >= 0.3 is 0 Å². The maximum atomic E-state index is 10.2. The Hall–Kier alpha value is -0.900. The summed E-state index contributed by atoms with van der Waals surface area (Å²) in [5, 5.41) is 13.9. The summed E-state index contributed by atoms with van der Waals surface area (Å²) in [7, 11) is 2.17. The van der Waals surface area contributed by atoms with Crippen molar-refractivity contribution >= 4 is 0 Å². The number of aliphatic hydroxyl groups excluding tert-OH is 1. The third-order valence-electron chi connectivity index (χ3n) is 4.63. The average Bonchev–Trinajstić information content (AvgIpc) is 3.31. The number of aliphatic hydroxyl groups is 1. The second kappa shape index (κ2) is 7.39. The minimum atomic E-state index is -0.348. The van der Waals surface area contributed by atoms with Crippen molar-refractivity contribution in [2.75, 3.05) is 20.2 Å². The van der Waals surface area contributed by atoms with Gasteiger partial charge in [-0.25, -0.2) is 0 Å². The number of hydrogen-bond donors (Lipinski definition) is 2. The van der Waals surface area contributed by atoms with Crippen LogP contribution in [0, 0.1) is 0 Å². The zero-order chi connectivity index (χ0) is 15.3. The summed E-state index contributed by atoms with van der Waals surface area (Å²) in [5.74, 6) is 0. The highest BCUT2D eigenvalue weighted by Gasteiger charge is 2.38. The molecule has 1 aliphatic carbocycles. The normalized spacial score (nSPS) is 19.5. The van der Waals surface area contributed by atoms with Crippen molar-refractivity contribution in [3.05, 3.63) is 35.9 Å². The fraction of sp³-hybridized carbons (Fsp3) is 0.667. The average molecular weight is 290 g/mol. The molecule has 1 aromatic rings. The van der Waals surface area contributed by atoms with Crippen molar-refractivity contribution in [2.45, 2.75) is 57.2 Å². The predicted molar refractivity (Wildman–Crippen MR) is 88.4 cm³/mol. The molecule has 0 heterocycles. The Labute approximate surface area is 129 Å². The number of rotatable bonds is 9. The van der Waals surface area contributed by atoms with Gasteiger partial charge in [0.2, 0.25) is 0 Å². The van der Waals surface area contributed by atoms with Crippen LogP contribution in [0.1, 0.15) is 45.1 Å². The molecular weight excluding hydrogens is 260 g/mol. The predicted octanol–water partition coefficient (Wildman–Crippen LogP) is 2.75. The van der Waals surface area contributed by atoms with Gasteiger partial charge in [0.15, 0.2) is 0 Å². The van der Waals surface area contributed by atoms with Crippen LogP contribution in [0.5, 0.6) is 0 Å². The van der Waals surface area contributed by atoms with Crippen molar-refractivity contribution in [1.29, 1.82) is 0 Å². The number of nitrogens with zero attached hydrogens (tertiary/aromatic N) is 1. The van der Waals surface area contributed by atoms with Gasteiger partial charge in [0.05, 0.1) is 12.1 Å². The molecule has 2 atom stereocenters. The van der Waals surface area contributed by atoms with E-state index in [4.69, 9.17) is 0 Å². The van der Waals surface area contributed by atoms with Crippen molar-refractivity contribution in [3.63, 3.8) is 0 Å². The summed E-state index contributed by atoms with van der Waals surface area (Å²) in [6.07, 6.45) is 4.83. The van der Waals surface area contributed by atoms with Crippen LogP contribution in [-0.2, 0) is 5.54 Å². The highest BCUT2D eigenvalue weighted by atomic mass is 16.3. The minimum Gasteiger partial charge on any atom is -0.394 e. The second-order valence-corrected chi connectivity index (χ2v) is 6.58. The lowest BCUT2D eigenvalue weighted by molar-refractivity contribution is 0.0978. The topological polar surface area (TPSA) is 35.5 Å². The molecule has 118 valence electrons. The molecular formula is C18H30N2O. The summed E-state index contributed by atoms with van der Waals surface area (Å²) in [5.41, 5.74) is 0.842. The second-order valence-electron chi connectivity index (χ2n) is 6.58. The van der Waals surface area contributed by atoms with Crippen molar-refractivity contribution < 1.29 is 5.11 Å². The van der Waals surface area contributed by atoms with E-state index in [1.54, 1.807) is 0 Å². The molecule has 1 saturated carbocycles. The van der Waals surface area contributed by atoms with Crippen LogP contribution in [0.3, 0.4) is 0 Å². The van der Waals surface area contributed by atoms with E-state index < -0.39 is 0 Å². The molecule has 2 unspecified atom stereocenters. The molecule has 0 aromatic heterocycles. The van der Waals surface area contributed by atoms with Gasteiger partial charge in [0.25, 0.3) is 0 Å². The summed E-state index contributed by atoms with van der Waals surface area (Å²) in [4.78, 5) is 2.38. The Kier molecular flexibility index (Phi) is 5.80. The highest BCUT2D eigenvalue weighted by Crippen LogP contribution is 2.29. The molecule has 0 bridgehead atoms. The Bertz CT molecular complexity index is 418. The first-order valence-corrected chi connectivity index (χ1v) is 8.25. The van der Waals surface area contributed by atoms with Crippen LogP contribution in [0.4, 0.5) is 0 Å². The summed E-state index contributed by atoms with van der Waals surface area (Å²) in [6, 6.07) is 11.5. The molecule has 2 N–H and O–H groups in total. The largest absolute Gasteiger partial charge is 0.394 e. The van der Waals surface area contributed by atoms with E-state index >= 15 is 0 Å². The van der Waals surface area contributed by atoms with E-state index in [0.29, 0.717) is 12.1 Å². The number of hydrogen-bond acceptors (Lipinski definition) is 3. The fourth-order valence-corrected chi connectivity index (χ4v) is 3.00. The third kappa shape index (κ3) is 4.29. The molecule has 0 saturated heterocycles. The van der Waals surface area contributed by atoms with Crippen LogP contribution >= 0.6 is 0 Å². The smallest absolute Gasteiger partial charge is 0.0799 e. The standard InChI is InChI=1S/C18H30N2O/c1-4-8-15(2)20(3)13-18(14-21,19-17-11-12-17)16-9-6-5-7-10-16/h5-7,9-10,15,17,19,21H,4,8,11-14H2,1-3H3. The zero-order valence-electron chi connectivity index (χ0n) is 13.7. The summed E-state index contributed by atoms with van der Waals surface area (Å²) < 4.78 is 0. The molecule has 3 nitrogen and oxygen atoms in total. The Balaban J connectivity index is 2.18. The van der Waals surface area contributed by atoms with Crippen LogP contribution in [-0.4, -0.2) is 42.3 Å². The molecule has 1 aliphatic rings. The van der Waals surface area contributed by atoms with E-state index in [2.05, 4.69) is 55.4 Å². The van der Waals surface area contributed by atoms with Gasteiger partial charge < -0.3 is 15.3 Å². The van der Waals surface area contributed by atoms with Gasteiger partial charge in [-0.1, -0.05) is 43.7 Å². The quantitative estimate of drug-likeness (QED) is 0.734. The summed E-state index contributed by atoms with van der Waals surface area (Å²) >= 11 is 0. The van der Waals surface area contributed by atoms with Gasteiger partial charge in [0.1, 0.15) is 0 Å². The van der Waals surface area contributed by atoms with Crippen LogP contribution in [0.25, 0.3) is 0 Å². The lowest BCUT2D eigenvalue weighted by Crippen LogP contribution is -2.55. The highest BCUT2D eigenvalue weighted by molar-refractivity contribution is 5.26. The van der Waals surface area contributed by atoms with Crippen LogP contribution < -0.4 is 5.32 Å². The minimum absolute atomic E-state index is 0.136. The lowest BCUT2D eigenvalue weighted by Gasteiger charge is -2.39. The van der Waals surface area contributed by atoms with Gasteiger partial charge in [-0.2, -0.15) is 0 Å². The number of benzene rings is 1. The molecule has 3 heteroatoms. The molecule has 21 heavy (non-hydrogen) atoms. The summed E-state index contributed by atoms with van der Waals surface area (Å²) in [6.45, 7) is 5.47. The maximum absolute atomic E-state index is 10.2. The Morgan fingerprint density at radius 1 is 1.33 bits per heavy atom. The SMILES string of the molecule is CCCC(C)N(C)CC(CO)(NC1CC1)c1ccccc1. The van der Waals surface area contributed by atoms with E-state index in [1.165, 1.54) is 31.2 Å². The zero-order valence-corrected chi connectivity index (χ0v) is 13.7. The van der Waals surface area contributed by atoms with E-state index in [9.17, 15) is 5.11 Å². The first-order chi connectivity index (χ1) is 10.1. The molecule has 1 fully saturated rings. The van der Waals surface area contributed by atoms with Gasteiger partial charge in [-0.15, -0.1) is 0 Å². The Morgan fingerprint density at radius 2 is 2.00 bits per heavy atom. The van der Waals surface area contributed by atoms with Crippen molar-refractivity contribution in [1.82, 2.24) is 10.2 Å². The van der Waals surface area contributed by atoms with Crippen LogP contribution in [0.15, 0.2) is 30.3 Å². The monoisotopic (exact) mass is 290 g/mol. The van der Waals surface area contributed by atoms with Gasteiger partial charge in [-0.05, 0) is 38.8 Å². The fourth-order valence-electron chi connectivity index (χ4n) is 3.00.